The van der Waals surface area contributed by atoms with Gasteiger partial charge in [0.05, 0.1) is 5.84 Å². The molecule has 92 valence electrons. The summed E-state index contributed by atoms with van der Waals surface area (Å²) in [4.78, 5) is 14.6. The zero-order valence-corrected chi connectivity index (χ0v) is 9.72. The molecular weight excluding hydrogens is 206 g/mol. The fourth-order valence-corrected chi connectivity index (χ4v) is 1.13. The number of carboxylic acid groups (broad SMARTS) is 1. The third-order valence-corrected chi connectivity index (χ3v) is 2.12. The lowest BCUT2D eigenvalue weighted by Crippen LogP contribution is -2.29. The van der Waals surface area contributed by atoms with Crippen molar-refractivity contribution in [2.75, 3.05) is 6.54 Å². The van der Waals surface area contributed by atoms with Crippen molar-refractivity contribution in [1.29, 1.82) is 0 Å². The predicted octanol–water partition coefficient (Wildman–Crippen LogP) is 0.892. The van der Waals surface area contributed by atoms with Gasteiger partial charge in [-0.1, -0.05) is 12.2 Å². The van der Waals surface area contributed by atoms with E-state index in [1.165, 1.54) is 0 Å². The minimum atomic E-state index is -0.948. The van der Waals surface area contributed by atoms with Gasteiger partial charge in [-0.05, 0) is 26.2 Å². The number of aliphatic carboxylic acids is 1. The topological polar surface area (TPSA) is 102 Å². The molecule has 0 unspecified atom stereocenters. The van der Waals surface area contributed by atoms with Crippen LogP contribution >= 0.6 is 0 Å². The normalized spacial score (nSPS) is 14.2. The molecule has 5 N–H and O–H groups in total. The summed E-state index contributed by atoms with van der Waals surface area (Å²) in [5.74, 6) is -0.336. The van der Waals surface area contributed by atoms with Crippen LogP contribution in [0, 0.1) is 0 Å². The highest BCUT2D eigenvalue weighted by molar-refractivity contribution is 5.81. The number of carbonyl (C=O) groups is 1. The van der Waals surface area contributed by atoms with Crippen LogP contribution in [0.2, 0.25) is 0 Å². The number of hydrogen-bond donors (Lipinski definition) is 3. The molecule has 0 spiro atoms. The molecule has 0 aromatic heterocycles. The highest BCUT2D eigenvalue weighted by atomic mass is 16.4. The molecule has 0 amide bonds. The molecule has 0 aromatic carbocycles. The number of nitrogens with zero attached hydrogens (tertiary/aromatic N) is 1. The van der Waals surface area contributed by atoms with Gasteiger partial charge in [0.2, 0.25) is 0 Å². The monoisotopic (exact) mass is 227 g/mol. The van der Waals surface area contributed by atoms with Crippen LogP contribution in [0.1, 0.15) is 32.6 Å². The minimum absolute atomic E-state index is 0.486. The van der Waals surface area contributed by atoms with Crippen LogP contribution in [0.3, 0.4) is 0 Å². The first-order valence-electron chi connectivity index (χ1n) is 5.46. The Morgan fingerprint density at radius 3 is 2.75 bits per heavy atom. The van der Waals surface area contributed by atoms with Crippen molar-refractivity contribution in [3.05, 3.63) is 12.2 Å². The Labute approximate surface area is 96.2 Å². The Morgan fingerprint density at radius 1 is 1.50 bits per heavy atom. The van der Waals surface area contributed by atoms with Crippen LogP contribution in [0.25, 0.3) is 0 Å². The molecule has 1 atom stereocenters. The standard InChI is InChI=1S/C11H21N3O2/c1-2-3-7-10(13)14-8-5-4-6-9(12)11(15)16/h2-3,9H,4-8,12H2,1H3,(H2,13,14)(H,15,16)/b3-2+/t9-/m0/s1. The van der Waals surface area contributed by atoms with Crippen molar-refractivity contribution in [3.63, 3.8) is 0 Å². The molecule has 0 rings (SSSR count). The van der Waals surface area contributed by atoms with Crippen molar-refractivity contribution in [3.8, 4) is 0 Å². The van der Waals surface area contributed by atoms with E-state index in [-0.39, 0.29) is 0 Å². The molecular formula is C11H21N3O2. The van der Waals surface area contributed by atoms with Crippen molar-refractivity contribution in [1.82, 2.24) is 0 Å². The number of rotatable bonds is 8. The third-order valence-electron chi connectivity index (χ3n) is 2.12. The van der Waals surface area contributed by atoms with Crippen molar-refractivity contribution < 1.29 is 9.90 Å². The zero-order valence-electron chi connectivity index (χ0n) is 9.72. The Morgan fingerprint density at radius 2 is 2.19 bits per heavy atom. The van der Waals surface area contributed by atoms with Crippen LogP contribution in [0.5, 0.6) is 0 Å². The number of amidine groups is 1. The molecule has 5 heteroatoms. The number of aliphatic imine (C=N–C) groups is 1. The van der Waals surface area contributed by atoms with Crippen LogP contribution in [0.4, 0.5) is 0 Å². The third kappa shape index (κ3) is 7.99. The average Bonchev–Trinajstić information content (AvgIpc) is 2.25. The summed E-state index contributed by atoms with van der Waals surface area (Å²) in [5.41, 5.74) is 11.0. The molecule has 0 radical (unpaired) electrons. The van der Waals surface area contributed by atoms with Crippen molar-refractivity contribution in [2.45, 2.75) is 38.6 Å². The molecule has 0 saturated carbocycles. The van der Waals surface area contributed by atoms with E-state index in [0.29, 0.717) is 25.2 Å². The van der Waals surface area contributed by atoms with Gasteiger partial charge in [-0.15, -0.1) is 0 Å². The molecule has 0 heterocycles. The number of allylic oxidation sites excluding steroid dienone is 1. The largest absolute Gasteiger partial charge is 0.480 e. The number of unbranched alkanes of at least 4 members (excludes halogenated alkanes) is 1. The molecule has 0 aliphatic carbocycles. The molecule has 0 aliphatic rings. The Bertz CT molecular complexity index is 262. The van der Waals surface area contributed by atoms with E-state index in [1.807, 2.05) is 19.1 Å². The Balaban J connectivity index is 3.56. The maximum Gasteiger partial charge on any atom is 0.320 e. The first-order valence-corrected chi connectivity index (χ1v) is 5.46. The number of nitrogens with two attached hydrogens (primary N) is 2. The summed E-state index contributed by atoms with van der Waals surface area (Å²) >= 11 is 0. The van der Waals surface area contributed by atoms with E-state index in [9.17, 15) is 4.79 Å². The summed E-state index contributed by atoms with van der Waals surface area (Å²) in [7, 11) is 0. The Hall–Kier alpha value is -1.36. The lowest BCUT2D eigenvalue weighted by molar-refractivity contribution is -0.138. The number of hydrogen-bond acceptors (Lipinski definition) is 3. The lowest BCUT2D eigenvalue weighted by Gasteiger charge is -2.04. The highest BCUT2D eigenvalue weighted by Crippen LogP contribution is 1.99. The van der Waals surface area contributed by atoms with Gasteiger partial charge in [0, 0.05) is 13.0 Å². The smallest absolute Gasteiger partial charge is 0.320 e. The Kier molecular flexibility index (Phi) is 8.15. The van der Waals surface area contributed by atoms with E-state index < -0.39 is 12.0 Å². The van der Waals surface area contributed by atoms with Gasteiger partial charge >= 0.3 is 5.97 Å². The SMILES string of the molecule is C/C=C/CC(N)=NCCCC[C@H](N)C(=O)O. The summed E-state index contributed by atoms with van der Waals surface area (Å²) in [6, 6.07) is -0.760. The van der Waals surface area contributed by atoms with Crippen LogP contribution in [-0.4, -0.2) is 29.5 Å². The fraction of sp³-hybridized carbons (Fsp3) is 0.636. The van der Waals surface area contributed by atoms with Crippen molar-refractivity contribution in [2.24, 2.45) is 16.5 Å². The lowest BCUT2D eigenvalue weighted by atomic mass is 10.1. The summed E-state index contributed by atoms with van der Waals surface area (Å²) < 4.78 is 0. The first kappa shape index (κ1) is 14.6. The quantitative estimate of drug-likeness (QED) is 0.248. The van der Waals surface area contributed by atoms with Crippen LogP contribution in [0.15, 0.2) is 17.1 Å². The molecule has 0 saturated heterocycles. The second-order valence-corrected chi connectivity index (χ2v) is 3.59. The first-order chi connectivity index (χ1) is 7.57. The van der Waals surface area contributed by atoms with E-state index in [0.717, 1.165) is 12.8 Å². The second kappa shape index (κ2) is 8.91. The number of carboxylic acids is 1. The molecule has 0 aromatic rings. The molecule has 0 aliphatic heterocycles. The van der Waals surface area contributed by atoms with E-state index >= 15 is 0 Å². The van der Waals surface area contributed by atoms with Gasteiger partial charge in [0.1, 0.15) is 6.04 Å². The van der Waals surface area contributed by atoms with Crippen LogP contribution < -0.4 is 11.5 Å². The van der Waals surface area contributed by atoms with Gasteiger partial charge < -0.3 is 16.6 Å². The van der Waals surface area contributed by atoms with Gasteiger partial charge in [-0.25, -0.2) is 0 Å². The molecule has 16 heavy (non-hydrogen) atoms. The predicted molar refractivity (Wildman–Crippen MR) is 65.4 cm³/mol. The zero-order chi connectivity index (χ0) is 12.4. The summed E-state index contributed by atoms with van der Waals surface area (Å²) in [6.45, 7) is 2.57. The van der Waals surface area contributed by atoms with Gasteiger partial charge in [0.25, 0.3) is 0 Å². The fourth-order valence-electron chi connectivity index (χ4n) is 1.13. The van der Waals surface area contributed by atoms with E-state index in [1.54, 1.807) is 0 Å². The van der Waals surface area contributed by atoms with Gasteiger partial charge in [-0.2, -0.15) is 0 Å². The molecule has 0 fully saturated rings. The second-order valence-electron chi connectivity index (χ2n) is 3.59. The molecule has 5 nitrogen and oxygen atoms in total. The van der Waals surface area contributed by atoms with E-state index in [4.69, 9.17) is 16.6 Å². The minimum Gasteiger partial charge on any atom is -0.480 e. The van der Waals surface area contributed by atoms with E-state index in [2.05, 4.69) is 4.99 Å². The maximum absolute atomic E-state index is 10.4. The molecule has 0 bridgehead atoms. The average molecular weight is 227 g/mol. The van der Waals surface area contributed by atoms with Crippen LogP contribution in [-0.2, 0) is 4.79 Å². The van der Waals surface area contributed by atoms with Crippen molar-refractivity contribution >= 4 is 11.8 Å². The maximum atomic E-state index is 10.4. The summed E-state index contributed by atoms with van der Waals surface area (Å²) in [5, 5.41) is 8.54. The highest BCUT2D eigenvalue weighted by Gasteiger charge is 2.09. The van der Waals surface area contributed by atoms with Gasteiger partial charge in [-0.3, -0.25) is 9.79 Å². The van der Waals surface area contributed by atoms with Gasteiger partial charge in [0.15, 0.2) is 0 Å². The summed E-state index contributed by atoms with van der Waals surface area (Å²) in [6.07, 6.45) is 6.60.